The first-order valence-corrected chi connectivity index (χ1v) is 7.46. The van der Waals surface area contributed by atoms with Crippen molar-refractivity contribution in [1.82, 2.24) is 15.2 Å². The molecule has 0 fully saturated rings. The monoisotopic (exact) mass is 314 g/mol. The summed E-state index contributed by atoms with van der Waals surface area (Å²) >= 11 is 0. The molecule has 0 radical (unpaired) electrons. The van der Waals surface area contributed by atoms with Gasteiger partial charge in [-0.3, -0.25) is 14.7 Å². The fourth-order valence-corrected chi connectivity index (χ4v) is 3.09. The molecule has 0 saturated heterocycles. The normalized spacial score (nSPS) is 13.9. The molecule has 0 unspecified atom stereocenters. The van der Waals surface area contributed by atoms with Gasteiger partial charge in [0, 0.05) is 5.39 Å². The van der Waals surface area contributed by atoms with Crippen molar-refractivity contribution in [2.75, 3.05) is 4.90 Å². The van der Waals surface area contributed by atoms with Crippen LogP contribution in [-0.4, -0.2) is 27.0 Å². The molecule has 0 aliphatic carbocycles. The molecular weight excluding hydrogens is 304 g/mol. The lowest BCUT2D eigenvalue weighted by Gasteiger charge is -2.10. The van der Waals surface area contributed by atoms with Crippen molar-refractivity contribution in [3.05, 3.63) is 65.7 Å². The number of aromatic nitrogens is 3. The zero-order chi connectivity index (χ0) is 16.3. The zero-order valence-electron chi connectivity index (χ0n) is 12.4. The largest absolute Gasteiger partial charge is 0.268 e. The second-order valence-corrected chi connectivity index (χ2v) is 5.62. The summed E-state index contributed by atoms with van der Waals surface area (Å²) in [6, 6.07) is 16.3. The second kappa shape index (κ2) is 4.48. The molecular formula is C18H10N4O2. The molecule has 0 spiro atoms. The number of hydrogen-bond donors (Lipinski definition) is 1. The summed E-state index contributed by atoms with van der Waals surface area (Å²) in [5.41, 5.74) is 2.16. The molecule has 0 saturated carbocycles. The highest BCUT2D eigenvalue weighted by Gasteiger charge is 2.38. The van der Waals surface area contributed by atoms with E-state index in [9.17, 15) is 9.59 Å². The minimum atomic E-state index is -0.364. The molecule has 1 N–H and O–H groups in total. The fourth-order valence-electron chi connectivity index (χ4n) is 3.09. The maximum atomic E-state index is 12.6. The van der Waals surface area contributed by atoms with Gasteiger partial charge >= 0.3 is 0 Å². The van der Waals surface area contributed by atoms with Gasteiger partial charge in [0.25, 0.3) is 11.8 Å². The first-order chi connectivity index (χ1) is 11.7. The zero-order valence-corrected chi connectivity index (χ0v) is 12.4. The van der Waals surface area contributed by atoms with Gasteiger partial charge in [-0.2, -0.15) is 5.10 Å². The number of para-hydroxylation sites is 1. The van der Waals surface area contributed by atoms with Crippen molar-refractivity contribution in [2.24, 2.45) is 0 Å². The maximum absolute atomic E-state index is 12.6. The number of nitrogens with one attached hydrogen (secondary N) is 1. The van der Waals surface area contributed by atoms with Crippen LogP contribution in [0, 0.1) is 0 Å². The maximum Gasteiger partial charge on any atom is 0.267 e. The van der Waals surface area contributed by atoms with E-state index in [0.717, 1.165) is 15.8 Å². The molecule has 1 aliphatic rings. The molecule has 6 nitrogen and oxygen atoms in total. The fraction of sp³-hybridized carbons (Fsp3) is 0. The Bertz CT molecular complexity index is 1130. The van der Waals surface area contributed by atoms with Gasteiger partial charge in [0.2, 0.25) is 0 Å². The van der Waals surface area contributed by atoms with Crippen LogP contribution in [-0.2, 0) is 0 Å². The number of anilines is 1. The summed E-state index contributed by atoms with van der Waals surface area (Å²) in [7, 11) is 0. The van der Waals surface area contributed by atoms with Gasteiger partial charge in [-0.1, -0.05) is 30.3 Å². The van der Waals surface area contributed by atoms with Crippen LogP contribution in [0.5, 0.6) is 0 Å². The van der Waals surface area contributed by atoms with Gasteiger partial charge in [-0.05, 0) is 24.3 Å². The molecule has 2 aromatic carbocycles. The van der Waals surface area contributed by atoms with E-state index in [2.05, 4.69) is 15.2 Å². The minimum Gasteiger partial charge on any atom is -0.268 e. The number of rotatable bonds is 1. The molecule has 2 amide bonds. The third kappa shape index (κ3) is 1.59. The van der Waals surface area contributed by atoms with Crippen molar-refractivity contribution >= 4 is 39.6 Å². The van der Waals surface area contributed by atoms with Gasteiger partial charge in [0.15, 0.2) is 11.5 Å². The first kappa shape index (κ1) is 13.0. The van der Waals surface area contributed by atoms with E-state index in [1.54, 1.807) is 24.3 Å². The third-order valence-electron chi connectivity index (χ3n) is 4.24. The Balaban J connectivity index is 1.74. The number of nitrogens with zero attached hydrogens (tertiary/aromatic N) is 3. The van der Waals surface area contributed by atoms with Gasteiger partial charge < -0.3 is 0 Å². The molecule has 1 aliphatic heterocycles. The van der Waals surface area contributed by atoms with Crippen molar-refractivity contribution in [3.8, 4) is 0 Å². The van der Waals surface area contributed by atoms with Crippen LogP contribution in [0.4, 0.5) is 5.82 Å². The van der Waals surface area contributed by atoms with Gasteiger partial charge in [-0.15, -0.1) is 0 Å². The van der Waals surface area contributed by atoms with Gasteiger partial charge in [0.05, 0.1) is 22.0 Å². The number of H-pyrrole nitrogens is 1. The number of hydrogen-bond acceptors (Lipinski definition) is 4. The van der Waals surface area contributed by atoms with E-state index in [-0.39, 0.29) is 17.6 Å². The molecule has 5 rings (SSSR count). The smallest absolute Gasteiger partial charge is 0.267 e. The highest BCUT2D eigenvalue weighted by Crippen LogP contribution is 2.32. The molecule has 114 valence electrons. The summed E-state index contributed by atoms with van der Waals surface area (Å²) in [4.78, 5) is 30.9. The van der Waals surface area contributed by atoms with Crippen LogP contribution in [0.1, 0.15) is 20.7 Å². The molecule has 6 heteroatoms. The van der Waals surface area contributed by atoms with Crippen molar-refractivity contribution in [3.63, 3.8) is 0 Å². The SMILES string of the molecule is O=C1c2ccccc2C(=O)N1c1n[nH]c2nc3ccccc3cc12. The molecule has 0 bridgehead atoms. The molecule has 2 aromatic heterocycles. The summed E-state index contributed by atoms with van der Waals surface area (Å²) in [5, 5.41) is 8.56. The lowest BCUT2D eigenvalue weighted by atomic mass is 10.1. The number of fused-ring (bicyclic) bond motifs is 3. The molecule has 3 heterocycles. The van der Waals surface area contributed by atoms with Crippen LogP contribution in [0.2, 0.25) is 0 Å². The predicted molar refractivity (Wildman–Crippen MR) is 89.0 cm³/mol. The van der Waals surface area contributed by atoms with Crippen LogP contribution in [0.3, 0.4) is 0 Å². The summed E-state index contributed by atoms with van der Waals surface area (Å²) in [6.45, 7) is 0. The van der Waals surface area contributed by atoms with Crippen LogP contribution in [0.25, 0.3) is 21.9 Å². The Kier molecular flexibility index (Phi) is 2.42. The molecule has 4 aromatic rings. The van der Waals surface area contributed by atoms with Crippen molar-refractivity contribution in [2.45, 2.75) is 0 Å². The lowest BCUT2D eigenvalue weighted by molar-refractivity contribution is 0.0925. The van der Waals surface area contributed by atoms with Crippen molar-refractivity contribution in [1.29, 1.82) is 0 Å². The van der Waals surface area contributed by atoms with Gasteiger partial charge in [-0.25, -0.2) is 9.88 Å². The number of carbonyl (C=O) groups is 2. The average Bonchev–Trinajstić information content (AvgIpc) is 3.12. The number of pyridine rings is 1. The first-order valence-electron chi connectivity index (χ1n) is 7.46. The number of imide groups is 1. The topological polar surface area (TPSA) is 79.0 Å². The second-order valence-electron chi connectivity index (χ2n) is 5.62. The van der Waals surface area contributed by atoms with Crippen LogP contribution < -0.4 is 4.90 Å². The number of aromatic amines is 1. The highest BCUT2D eigenvalue weighted by molar-refractivity contribution is 6.35. The lowest BCUT2D eigenvalue weighted by Crippen LogP contribution is -2.29. The van der Waals surface area contributed by atoms with E-state index >= 15 is 0 Å². The highest BCUT2D eigenvalue weighted by atomic mass is 16.2. The quantitative estimate of drug-likeness (QED) is 0.548. The number of carbonyl (C=O) groups excluding carboxylic acids is 2. The van der Waals surface area contributed by atoms with E-state index < -0.39 is 0 Å². The summed E-state index contributed by atoms with van der Waals surface area (Å²) < 4.78 is 0. The van der Waals surface area contributed by atoms with Crippen LogP contribution in [0.15, 0.2) is 54.6 Å². The van der Waals surface area contributed by atoms with Crippen molar-refractivity contribution < 1.29 is 9.59 Å². The molecule has 24 heavy (non-hydrogen) atoms. The Hall–Kier alpha value is -3.54. The van der Waals surface area contributed by atoms with E-state index in [4.69, 9.17) is 0 Å². The number of benzene rings is 2. The Labute approximate surface area is 135 Å². The van der Waals surface area contributed by atoms with E-state index in [1.165, 1.54) is 0 Å². The Morgan fingerprint density at radius 3 is 2.29 bits per heavy atom. The van der Waals surface area contributed by atoms with Crippen LogP contribution >= 0.6 is 0 Å². The minimum absolute atomic E-state index is 0.287. The molecule has 0 atom stereocenters. The third-order valence-corrected chi connectivity index (χ3v) is 4.24. The predicted octanol–water partition coefficient (Wildman–Crippen LogP) is 2.91. The standard InChI is InChI=1S/C18H10N4O2/c23-17-11-6-2-3-7-12(11)18(24)22(17)16-13-9-10-5-1-4-8-14(10)19-15(13)20-21-16/h1-9H,(H,19,20,21). The Morgan fingerprint density at radius 1 is 0.875 bits per heavy atom. The summed E-state index contributed by atoms with van der Waals surface area (Å²) in [6.07, 6.45) is 0. The van der Waals surface area contributed by atoms with Gasteiger partial charge in [0.1, 0.15) is 0 Å². The Morgan fingerprint density at radius 2 is 1.54 bits per heavy atom. The number of amides is 2. The van der Waals surface area contributed by atoms with E-state index in [1.807, 2.05) is 30.3 Å². The van der Waals surface area contributed by atoms with E-state index in [0.29, 0.717) is 22.2 Å². The average molecular weight is 314 g/mol. The summed E-state index contributed by atoms with van der Waals surface area (Å²) in [5.74, 6) is -0.441.